The Morgan fingerprint density at radius 1 is 0.833 bits per heavy atom. The van der Waals surface area contributed by atoms with Gasteiger partial charge in [-0.05, 0) is 22.3 Å². The molecule has 0 aliphatic carbocycles. The SMILES string of the molecule is OCCN1Cc2ccccc2-c2ccccc2C1. The molecule has 0 radical (unpaired) electrons. The summed E-state index contributed by atoms with van der Waals surface area (Å²) in [5, 5.41) is 9.16. The van der Waals surface area contributed by atoms with Gasteiger partial charge in [0.2, 0.25) is 0 Å². The summed E-state index contributed by atoms with van der Waals surface area (Å²) < 4.78 is 0. The molecule has 0 amide bonds. The molecular weight excluding hydrogens is 222 g/mol. The smallest absolute Gasteiger partial charge is 0.0558 e. The van der Waals surface area contributed by atoms with Crippen molar-refractivity contribution in [2.24, 2.45) is 0 Å². The van der Waals surface area contributed by atoms with Crippen molar-refractivity contribution in [1.29, 1.82) is 0 Å². The molecular formula is C16H17NO. The Kier molecular flexibility index (Phi) is 3.13. The molecule has 2 nitrogen and oxygen atoms in total. The summed E-state index contributed by atoms with van der Waals surface area (Å²) in [6.45, 7) is 2.75. The molecule has 1 aliphatic heterocycles. The maximum Gasteiger partial charge on any atom is 0.0558 e. The van der Waals surface area contributed by atoms with Crippen LogP contribution in [0, 0.1) is 0 Å². The van der Waals surface area contributed by atoms with Gasteiger partial charge in [-0.2, -0.15) is 0 Å². The van der Waals surface area contributed by atoms with Crippen LogP contribution < -0.4 is 0 Å². The van der Waals surface area contributed by atoms with Gasteiger partial charge in [-0.25, -0.2) is 0 Å². The van der Waals surface area contributed by atoms with Crippen LogP contribution in [-0.2, 0) is 13.1 Å². The second-order valence-corrected chi connectivity index (χ2v) is 4.75. The topological polar surface area (TPSA) is 23.5 Å². The maximum absolute atomic E-state index is 9.16. The third-order valence-corrected chi connectivity index (χ3v) is 3.53. The Morgan fingerprint density at radius 2 is 1.33 bits per heavy atom. The number of aliphatic hydroxyl groups is 1. The monoisotopic (exact) mass is 239 g/mol. The lowest BCUT2D eigenvalue weighted by atomic mass is 9.97. The van der Waals surface area contributed by atoms with E-state index >= 15 is 0 Å². The van der Waals surface area contributed by atoms with E-state index < -0.39 is 0 Å². The van der Waals surface area contributed by atoms with Gasteiger partial charge < -0.3 is 5.11 Å². The van der Waals surface area contributed by atoms with Crippen molar-refractivity contribution >= 4 is 0 Å². The van der Waals surface area contributed by atoms with Crippen LogP contribution in [-0.4, -0.2) is 23.2 Å². The lowest BCUT2D eigenvalue weighted by Gasteiger charge is -2.19. The Labute approximate surface area is 107 Å². The van der Waals surface area contributed by atoms with Gasteiger partial charge in [0, 0.05) is 19.6 Å². The zero-order valence-electron chi connectivity index (χ0n) is 10.3. The summed E-state index contributed by atoms with van der Waals surface area (Å²) in [6, 6.07) is 17.1. The molecule has 1 N–H and O–H groups in total. The van der Waals surface area contributed by atoms with Gasteiger partial charge >= 0.3 is 0 Å². The van der Waals surface area contributed by atoms with E-state index in [1.54, 1.807) is 0 Å². The standard InChI is InChI=1S/C16H17NO/c18-10-9-17-11-13-5-1-3-7-15(13)16-8-4-2-6-14(16)12-17/h1-8,18H,9-12H2. The fourth-order valence-electron chi connectivity index (χ4n) is 2.68. The number of hydrogen-bond acceptors (Lipinski definition) is 2. The van der Waals surface area contributed by atoms with Gasteiger partial charge in [-0.1, -0.05) is 48.5 Å². The number of fused-ring (bicyclic) bond motifs is 3. The van der Waals surface area contributed by atoms with Crippen molar-refractivity contribution in [2.75, 3.05) is 13.2 Å². The minimum absolute atomic E-state index is 0.213. The molecule has 2 aromatic carbocycles. The van der Waals surface area contributed by atoms with Crippen molar-refractivity contribution in [3.63, 3.8) is 0 Å². The predicted molar refractivity (Wildman–Crippen MR) is 73.1 cm³/mol. The van der Waals surface area contributed by atoms with Crippen molar-refractivity contribution in [1.82, 2.24) is 4.90 Å². The Bertz CT molecular complexity index is 503. The molecule has 0 saturated heterocycles. The van der Waals surface area contributed by atoms with Crippen molar-refractivity contribution in [2.45, 2.75) is 13.1 Å². The van der Waals surface area contributed by atoms with E-state index in [9.17, 15) is 0 Å². The van der Waals surface area contributed by atoms with E-state index in [0.29, 0.717) is 0 Å². The van der Waals surface area contributed by atoms with Gasteiger partial charge in [-0.3, -0.25) is 4.90 Å². The van der Waals surface area contributed by atoms with Gasteiger partial charge in [-0.15, -0.1) is 0 Å². The number of benzene rings is 2. The largest absolute Gasteiger partial charge is 0.395 e. The zero-order valence-corrected chi connectivity index (χ0v) is 10.3. The molecule has 0 spiro atoms. The molecule has 0 bridgehead atoms. The average molecular weight is 239 g/mol. The first-order chi connectivity index (χ1) is 8.88. The van der Waals surface area contributed by atoms with Crippen LogP contribution in [0.25, 0.3) is 11.1 Å². The van der Waals surface area contributed by atoms with Crippen LogP contribution in [0.1, 0.15) is 11.1 Å². The number of rotatable bonds is 2. The molecule has 1 heterocycles. The van der Waals surface area contributed by atoms with E-state index in [2.05, 4.69) is 53.4 Å². The van der Waals surface area contributed by atoms with Crippen LogP contribution in [0.15, 0.2) is 48.5 Å². The number of aliphatic hydroxyl groups excluding tert-OH is 1. The van der Waals surface area contributed by atoms with Gasteiger partial charge in [0.05, 0.1) is 6.61 Å². The lowest BCUT2D eigenvalue weighted by Crippen LogP contribution is -2.25. The highest BCUT2D eigenvalue weighted by atomic mass is 16.3. The molecule has 92 valence electrons. The third-order valence-electron chi connectivity index (χ3n) is 3.53. The van der Waals surface area contributed by atoms with E-state index in [1.807, 2.05) is 0 Å². The molecule has 0 atom stereocenters. The highest BCUT2D eigenvalue weighted by Crippen LogP contribution is 2.31. The first-order valence-electron chi connectivity index (χ1n) is 6.38. The second-order valence-electron chi connectivity index (χ2n) is 4.75. The Hall–Kier alpha value is -1.64. The molecule has 0 fully saturated rings. The lowest BCUT2D eigenvalue weighted by molar-refractivity contribution is 0.186. The molecule has 0 saturated carbocycles. The summed E-state index contributed by atoms with van der Waals surface area (Å²) in [4.78, 5) is 2.30. The third kappa shape index (κ3) is 2.05. The van der Waals surface area contributed by atoms with Crippen LogP contribution >= 0.6 is 0 Å². The number of hydrogen-bond donors (Lipinski definition) is 1. The minimum atomic E-state index is 0.213. The van der Waals surface area contributed by atoms with E-state index in [-0.39, 0.29) is 6.61 Å². The summed E-state index contributed by atoms with van der Waals surface area (Å²) in [6.07, 6.45) is 0. The van der Waals surface area contributed by atoms with Gasteiger partial charge in [0.1, 0.15) is 0 Å². The molecule has 1 aliphatic rings. The molecule has 18 heavy (non-hydrogen) atoms. The second kappa shape index (κ2) is 4.92. The highest BCUT2D eigenvalue weighted by molar-refractivity contribution is 5.71. The summed E-state index contributed by atoms with van der Waals surface area (Å²) in [5.74, 6) is 0. The molecule has 0 unspecified atom stereocenters. The minimum Gasteiger partial charge on any atom is -0.395 e. The number of nitrogens with zero attached hydrogens (tertiary/aromatic N) is 1. The molecule has 0 aromatic heterocycles. The van der Waals surface area contributed by atoms with Crippen molar-refractivity contribution in [3.8, 4) is 11.1 Å². The molecule has 3 rings (SSSR count). The first kappa shape index (κ1) is 11.5. The normalized spacial score (nSPS) is 14.7. The van der Waals surface area contributed by atoms with Crippen LogP contribution in [0.3, 0.4) is 0 Å². The fourth-order valence-corrected chi connectivity index (χ4v) is 2.68. The van der Waals surface area contributed by atoms with Crippen LogP contribution in [0.2, 0.25) is 0 Å². The quantitative estimate of drug-likeness (QED) is 0.871. The highest BCUT2D eigenvalue weighted by Gasteiger charge is 2.17. The van der Waals surface area contributed by atoms with Crippen LogP contribution in [0.4, 0.5) is 0 Å². The van der Waals surface area contributed by atoms with Crippen molar-refractivity contribution in [3.05, 3.63) is 59.7 Å². The molecule has 2 aromatic rings. The van der Waals surface area contributed by atoms with Gasteiger partial charge in [0.15, 0.2) is 0 Å². The fraction of sp³-hybridized carbons (Fsp3) is 0.250. The van der Waals surface area contributed by atoms with Gasteiger partial charge in [0.25, 0.3) is 0 Å². The average Bonchev–Trinajstić information content (AvgIpc) is 2.55. The summed E-state index contributed by atoms with van der Waals surface area (Å²) in [7, 11) is 0. The van der Waals surface area contributed by atoms with E-state index in [4.69, 9.17) is 5.11 Å². The predicted octanol–water partition coefficient (Wildman–Crippen LogP) is 2.66. The van der Waals surface area contributed by atoms with Crippen LogP contribution in [0.5, 0.6) is 0 Å². The Balaban J connectivity index is 2.12. The summed E-state index contributed by atoms with van der Waals surface area (Å²) >= 11 is 0. The maximum atomic E-state index is 9.16. The summed E-state index contributed by atoms with van der Waals surface area (Å²) in [5.41, 5.74) is 5.34. The Morgan fingerprint density at radius 3 is 1.83 bits per heavy atom. The molecule has 2 heteroatoms. The van der Waals surface area contributed by atoms with E-state index in [0.717, 1.165) is 19.6 Å². The van der Waals surface area contributed by atoms with E-state index in [1.165, 1.54) is 22.3 Å². The number of β-amino-alcohol motifs (C(OH)–C–C–N with tert-alkyl or cyclic N) is 1. The zero-order chi connectivity index (χ0) is 12.4. The first-order valence-corrected chi connectivity index (χ1v) is 6.38. The van der Waals surface area contributed by atoms with Crippen molar-refractivity contribution < 1.29 is 5.11 Å².